The number of phenolic OH excluding ortho intramolecular Hbond substituents is 1. The zero-order valence-electron chi connectivity index (χ0n) is 50.1. The van der Waals surface area contributed by atoms with Crippen LogP contribution in [0.4, 0.5) is 0 Å². The second kappa shape index (κ2) is 34.7. The number of hydrogen-bond acceptors (Lipinski definition) is 17. The van der Waals surface area contributed by atoms with E-state index in [1.807, 2.05) is 27.7 Å². The number of rotatable bonds is 33. The van der Waals surface area contributed by atoms with Gasteiger partial charge in [0.15, 0.2) is 5.96 Å². The van der Waals surface area contributed by atoms with Gasteiger partial charge in [-0.05, 0) is 109 Å². The first-order chi connectivity index (χ1) is 40.3. The number of carbonyl (C=O) groups excluding carboxylic acids is 11. The molecule has 2 fully saturated rings. The number of carboxylic acid groups (broad SMARTS) is 1. The van der Waals surface area contributed by atoms with Crippen molar-refractivity contribution in [3.05, 3.63) is 29.8 Å². The monoisotopic (exact) mass is 1220 g/mol. The first-order valence-electron chi connectivity index (χ1n) is 28.8. The fourth-order valence-electron chi connectivity index (χ4n) is 9.45. The van der Waals surface area contributed by atoms with Crippen LogP contribution in [0.5, 0.6) is 5.75 Å². The molecule has 1 aromatic carbocycles. The summed E-state index contributed by atoms with van der Waals surface area (Å²) in [6.45, 7) is 11.1. The zero-order chi connectivity index (χ0) is 64.7. The maximum Gasteiger partial charge on any atom is 0.325 e. The molecule has 0 bridgehead atoms. The molecule has 0 aromatic heterocycles. The molecule has 31 heteroatoms. The SMILES string of the molecule is CC(C)C[C@H](NC(=O)[C@H](C)NC(=O)[C@@H]1CCCN1C(=O)[C@H](CCCN=C(N)N)NC(=O)CNC(=O)[C@H](Cc1ccc(O)cc1)NC(=O)[C@H](CO)NC(=O)[C@@H](N)[C@@H](C)O)C(=O)N[C@@H](CC(C)C)C(=O)N1CCC[C@H]1C(=O)N[C@@H](C)C(=O)N[C@@H](C)C(=O)O. The van der Waals surface area contributed by atoms with Crippen LogP contribution in [0.15, 0.2) is 29.3 Å². The molecule has 19 N–H and O–H groups in total. The molecule has 0 unspecified atom stereocenters. The van der Waals surface area contributed by atoms with Gasteiger partial charge in [0, 0.05) is 26.1 Å². The molecule has 12 atom stereocenters. The van der Waals surface area contributed by atoms with Gasteiger partial charge in [-0.3, -0.25) is 62.5 Å². The number of nitrogens with zero attached hydrogens (tertiary/aromatic N) is 3. The molecule has 0 spiro atoms. The van der Waals surface area contributed by atoms with Gasteiger partial charge < -0.3 is 95.3 Å². The third-order valence-electron chi connectivity index (χ3n) is 14.2. The van der Waals surface area contributed by atoms with Crippen LogP contribution in [0, 0.1) is 11.8 Å². The fourth-order valence-corrected chi connectivity index (χ4v) is 9.45. The summed E-state index contributed by atoms with van der Waals surface area (Å²) in [5, 5.41) is 61.2. The molecule has 31 nitrogen and oxygen atoms in total. The molecule has 2 saturated heterocycles. The van der Waals surface area contributed by atoms with Gasteiger partial charge in [-0.2, -0.15) is 0 Å². The van der Waals surface area contributed by atoms with Gasteiger partial charge in [0.1, 0.15) is 72.2 Å². The lowest BCUT2D eigenvalue weighted by Gasteiger charge is -2.31. The van der Waals surface area contributed by atoms with Gasteiger partial charge in [0.2, 0.25) is 65.0 Å². The molecule has 480 valence electrons. The number of aliphatic hydroxyl groups excluding tert-OH is 2. The normalized spacial score (nSPS) is 18.2. The highest BCUT2D eigenvalue weighted by Crippen LogP contribution is 2.23. The number of phenols is 1. The summed E-state index contributed by atoms with van der Waals surface area (Å²) < 4.78 is 0. The number of benzene rings is 1. The van der Waals surface area contributed by atoms with Crippen molar-refractivity contribution in [2.45, 2.75) is 186 Å². The second-order valence-corrected chi connectivity index (χ2v) is 22.5. The van der Waals surface area contributed by atoms with E-state index in [0.29, 0.717) is 18.4 Å². The number of carbonyl (C=O) groups is 12. The highest BCUT2D eigenvalue weighted by molar-refractivity contribution is 5.99. The highest BCUT2D eigenvalue weighted by atomic mass is 16.4. The number of aliphatic hydroxyl groups is 2. The lowest BCUT2D eigenvalue weighted by atomic mass is 9.99. The Morgan fingerprint density at radius 3 is 1.57 bits per heavy atom. The summed E-state index contributed by atoms with van der Waals surface area (Å²) in [6, 6.07) is -8.38. The molecule has 0 radical (unpaired) electrons. The average Bonchev–Trinajstić information content (AvgIpc) is 2.38. The van der Waals surface area contributed by atoms with Crippen LogP contribution in [0.1, 0.15) is 112 Å². The van der Waals surface area contributed by atoms with Gasteiger partial charge >= 0.3 is 5.97 Å². The van der Waals surface area contributed by atoms with Gasteiger partial charge in [-0.15, -0.1) is 0 Å². The van der Waals surface area contributed by atoms with Crippen LogP contribution < -0.4 is 65.1 Å². The maximum atomic E-state index is 14.4. The minimum absolute atomic E-state index is 0.0391. The van der Waals surface area contributed by atoms with E-state index in [1.165, 1.54) is 61.8 Å². The largest absolute Gasteiger partial charge is 0.508 e. The lowest BCUT2D eigenvalue weighted by molar-refractivity contribution is -0.143. The van der Waals surface area contributed by atoms with E-state index >= 15 is 0 Å². The number of amides is 11. The molecule has 2 heterocycles. The third-order valence-corrected chi connectivity index (χ3v) is 14.2. The van der Waals surface area contributed by atoms with Gasteiger partial charge in [0.25, 0.3) is 0 Å². The van der Waals surface area contributed by atoms with E-state index in [4.69, 9.17) is 17.2 Å². The Kier molecular flexibility index (Phi) is 29.1. The molecule has 2 aliphatic rings. The fraction of sp³-hybridized carbons (Fsp3) is 0.655. The van der Waals surface area contributed by atoms with Gasteiger partial charge in [0.05, 0.1) is 19.3 Å². The molecular formula is C55H89N15O16. The lowest BCUT2D eigenvalue weighted by Crippen LogP contribution is -2.60. The second-order valence-electron chi connectivity index (χ2n) is 22.5. The number of aliphatic carboxylic acids is 1. The smallest absolute Gasteiger partial charge is 0.325 e. The number of nitrogens with one attached hydrogen (secondary N) is 9. The van der Waals surface area contributed by atoms with E-state index in [2.05, 4.69) is 52.8 Å². The van der Waals surface area contributed by atoms with Gasteiger partial charge in [-0.25, -0.2) is 0 Å². The third kappa shape index (κ3) is 23.0. The summed E-state index contributed by atoms with van der Waals surface area (Å²) in [4.78, 5) is 168. The molecule has 86 heavy (non-hydrogen) atoms. The quantitative estimate of drug-likeness (QED) is 0.0178. The number of aromatic hydroxyl groups is 1. The van der Waals surface area contributed by atoms with Crippen molar-refractivity contribution in [2.75, 3.05) is 32.8 Å². The minimum atomic E-state index is -1.62. The van der Waals surface area contributed by atoms with Crippen molar-refractivity contribution in [1.29, 1.82) is 0 Å². The number of nitrogens with two attached hydrogens (primary N) is 3. The molecule has 0 aliphatic carbocycles. The zero-order valence-corrected chi connectivity index (χ0v) is 50.1. The summed E-state index contributed by atoms with van der Waals surface area (Å²) in [5.74, 6) is -10.6. The van der Waals surface area contributed by atoms with Crippen LogP contribution in [-0.4, -0.2) is 212 Å². The minimum Gasteiger partial charge on any atom is -0.508 e. The van der Waals surface area contributed by atoms with E-state index in [-0.39, 0.29) is 88.1 Å². The highest BCUT2D eigenvalue weighted by Gasteiger charge is 2.42. The molecule has 0 saturated carbocycles. The van der Waals surface area contributed by atoms with Crippen LogP contribution in [0.25, 0.3) is 0 Å². The van der Waals surface area contributed by atoms with Crippen molar-refractivity contribution < 1.29 is 78.0 Å². The van der Waals surface area contributed by atoms with E-state index in [1.54, 1.807) is 0 Å². The van der Waals surface area contributed by atoms with E-state index in [9.17, 15) is 78.0 Å². The Morgan fingerprint density at radius 2 is 1.07 bits per heavy atom. The summed E-state index contributed by atoms with van der Waals surface area (Å²) in [7, 11) is 0. The predicted octanol–water partition coefficient (Wildman–Crippen LogP) is -5.10. The summed E-state index contributed by atoms with van der Waals surface area (Å²) in [6.07, 6.45) is 0.0141. The summed E-state index contributed by atoms with van der Waals surface area (Å²) >= 11 is 0. The van der Waals surface area contributed by atoms with Crippen LogP contribution in [0.2, 0.25) is 0 Å². The number of aliphatic imine (C=N–C) groups is 1. The van der Waals surface area contributed by atoms with Crippen LogP contribution in [-0.2, 0) is 64.0 Å². The number of guanidine groups is 1. The Labute approximate surface area is 499 Å². The van der Waals surface area contributed by atoms with Crippen LogP contribution >= 0.6 is 0 Å². The topological polar surface area (TPSA) is 491 Å². The van der Waals surface area contributed by atoms with E-state index < -0.39 is 157 Å². The van der Waals surface area contributed by atoms with Crippen molar-refractivity contribution in [3.63, 3.8) is 0 Å². The van der Waals surface area contributed by atoms with Crippen molar-refractivity contribution in [1.82, 2.24) is 57.7 Å². The van der Waals surface area contributed by atoms with Crippen molar-refractivity contribution in [3.8, 4) is 5.75 Å². The molecule has 1 aromatic rings. The van der Waals surface area contributed by atoms with Crippen molar-refractivity contribution >= 4 is 76.9 Å². The van der Waals surface area contributed by atoms with Crippen LogP contribution in [0.3, 0.4) is 0 Å². The number of likely N-dealkylation sites (tertiary alicyclic amines) is 2. The standard InChI is InChI=1S/C55H89N15O16/c1-27(2)22-36(47(78)67-38(23-28(3)4)53(84)70-21-11-14-41(70)50(81)61-29(5)44(75)63-31(7)54(85)86)65-45(76)30(6)62-49(80)40-13-10-20-69(40)52(83)35(12-9-19-59-55(57)58)64-42(74)25-60-46(77)37(24-33-15-17-34(73)18-16-33)66-48(79)39(26-71)68-51(82)43(56)32(8)72/h15-18,27-32,35-41,43,71-73H,9-14,19-26,56H2,1-8H3,(H,60,77)(H,61,81)(H,62,80)(H,63,75)(H,64,74)(H,65,76)(H,66,79)(H,67,78)(H,68,82)(H,85,86)(H4,57,58,59)/t29-,30-,31-,32+,35-,36-,37-,38-,39-,40-,41-,43-/m0/s1. The maximum absolute atomic E-state index is 14.4. The number of hydrogen-bond donors (Lipinski definition) is 16. The Balaban J connectivity index is 1.75. The molecule has 11 amide bonds. The average molecular weight is 1220 g/mol. The van der Waals surface area contributed by atoms with E-state index in [0.717, 1.165) is 0 Å². The summed E-state index contributed by atoms with van der Waals surface area (Å²) in [5.41, 5.74) is 17.1. The Bertz CT molecular complexity index is 2580. The Morgan fingerprint density at radius 1 is 0.593 bits per heavy atom. The molecular weight excluding hydrogens is 1130 g/mol. The first kappa shape index (κ1) is 72.1. The first-order valence-corrected chi connectivity index (χ1v) is 28.8. The molecule has 3 rings (SSSR count). The Hall–Kier alpha value is -8.19. The molecule has 2 aliphatic heterocycles. The van der Waals surface area contributed by atoms with Gasteiger partial charge in [-0.1, -0.05) is 39.8 Å². The number of carboxylic acids is 1. The predicted molar refractivity (Wildman–Crippen MR) is 310 cm³/mol. The van der Waals surface area contributed by atoms with Crippen molar-refractivity contribution in [2.24, 2.45) is 34.0 Å².